The third-order valence-corrected chi connectivity index (χ3v) is 3.27. The number of nitro groups is 1. The van der Waals surface area contributed by atoms with Crippen LogP contribution in [0.2, 0.25) is 0 Å². The number of nitro benzene ring substituents is 1. The van der Waals surface area contributed by atoms with E-state index in [1.807, 2.05) is 0 Å². The highest BCUT2D eigenvalue weighted by molar-refractivity contribution is 9.10. The number of rotatable bonds is 1. The smallest absolute Gasteiger partial charge is 0.273 e. The van der Waals surface area contributed by atoms with Gasteiger partial charge in [0.25, 0.3) is 11.2 Å². The molecule has 7 nitrogen and oxygen atoms in total. The van der Waals surface area contributed by atoms with Crippen LogP contribution in [0.25, 0.3) is 21.8 Å². The maximum Gasteiger partial charge on any atom is 0.273 e. The quantitative estimate of drug-likeness (QED) is 0.530. The third kappa shape index (κ3) is 1.42. The maximum absolute atomic E-state index is 11.5. The van der Waals surface area contributed by atoms with Crippen molar-refractivity contribution < 1.29 is 4.92 Å². The van der Waals surface area contributed by atoms with E-state index in [1.54, 1.807) is 0 Å². The standard InChI is InChI=1S/C10H5BrN4O3/c11-7-2-4(15(17)18)1-5-8-6(3-12-9(5)7)10(16)14-13-8/h1-3H,(H2,13,14,16). The molecule has 0 fully saturated rings. The predicted molar refractivity (Wildman–Crippen MR) is 68.6 cm³/mol. The molecule has 2 N–H and O–H groups in total. The van der Waals surface area contributed by atoms with E-state index in [1.165, 1.54) is 18.3 Å². The Hall–Kier alpha value is -2.22. The molecule has 0 saturated heterocycles. The molecule has 8 heteroatoms. The van der Waals surface area contributed by atoms with Gasteiger partial charge in [0, 0.05) is 23.7 Å². The molecule has 0 aliphatic carbocycles. The first-order valence-electron chi connectivity index (χ1n) is 4.91. The Kier molecular flexibility index (Phi) is 2.20. The van der Waals surface area contributed by atoms with E-state index in [2.05, 4.69) is 31.1 Å². The molecule has 0 atom stereocenters. The van der Waals surface area contributed by atoms with Crippen molar-refractivity contribution in [1.29, 1.82) is 0 Å². The fourth-order valence-electron chi connectivity index (χ4n) is 1.84. The molecule has 2 aromatic heterocycles. The van der Waals surface area contributed by atoms with Gasteiger partial charge in [0.15, 0.2) is 0 Å². The van der Waals surface area contributed by atoms with Gasteiger partial charge in [-0.25, -0.2) is 0 Å². The largest absolute Gasteiger partial charge is 0.297 e. The second-order valence-electron chi connectivity index (χ2n) is 3.71. The van der Waals surface area contributed by atoms with Crippen LogP contribution in [-0.2, 0) is 0 Å². The molecule has 2 heterocycles. The summed E-state index contributed by atoms with van der Waals surface area (Å²) in [5.41, 5.74) is 0.700. The van der Waals surface area contributed by atoms with Crippen molar-refractivity contribution in [2.75, 3.05) is 0 Å². The minimum absolute atomic E-state index is 0.0641. The lowest BCUT2D eigenvalue weighted by molar-refractivity contribution is -0.384. The number of pyridine rings is 1. The van der Waals surface area contributed by atoms with Crippen molar-refractivity contribution in [3.63, 3.8) is 0 Å². The van der Waals surface area contributed by atoms with E-state index in [0.29, 0.717) is 26.3 Å². The van der Waals surface area contributed by atoms with Gasteiger partial charge in [-0.15, -0.1) is 0 Å². The average Bonchev–Trinajstić information content (AvgIpc) is 2.71. The molecule has 0 radical (unpaired) electrons. The summed E-state index contributed by atoms with van der Waals surface area (Å²) in [5, 5.41) is 16.8. The summed E-state index contributed by atoms with van der Waals surface area (Å²) in [6.45, 7) is 0. The van der Waals surface area contributed by atoms with Gasteiger partial charge in [0.2, 0.25) is 0 Å². The molecule has 90 valence electrons. The molecular weight excluding hydrogens is 304 g/mol. The molecular formula is C10H5BrN4O3. The Morgan fingerprint density at radius 1 is 1.28 bits per heavy atom. The van der Waals surface area contributed by atoms with Crippen LogP contribution in [0, 0.1) is 10.1 Å². The average molecular weight is 309 g/mol. The first-order chi connectivity index (χ1) is 8.58. The van der Waals surface area contributed by atoms with Crippen molar-refractivity contribution in [2.24, 2.45) is 0 Å². The van der Waals surface area contributed by atoms with E-state index in [0.717, 1.165) is 0 Å². The fourth-order valence-corrected chi connectivity index (χ4v) is 2.39. The topological polar surface area (TPSA) is 105 Å². The number of halogens is 1. The zero-order valence-electron chi connectivity index (χ0n) is 8.73. The van der Waals surface area contributed by atoms with Crippen LogP contribution in [0.4, 0.5) is 5.69 Å². The van der Waals surface area contributed by atoms with Crippen LogP contribution in [0.15, 0.2) is 27.6 Å². The van der Waals surface area contributed by atoms with Crippen LogP contribution in [-0.4, -0.2) is 20.1 Å². The van der Waals surface area contributed by atoms with Crippen molar-refractivity contribution >= 4 is 43.4 Å². The number of H-pyrrole nitrogens is 2. The molecule has 0 aliphatic heterocycles. The lowest BCUT2D eigenvalue weighted by Gasteiger charge is -2.01. The van der Waals surface area contributed by atoms with Crippen molar-refractivity contribution in [2.45, 2.75) is 0 Å². The summed E-state index contributed by atoms with van der Waals surface area (Å²) >= 11 is 3.24. The number of aromatic nitrogens is 3. The van der Waals surface area contributed by atoms with E-state index < -0.39 is 4.92 Å². The SMILES string of the molecule is O=c1[nH][nH]c2c1cnc1c(Br)cc([N+](=O)[O-])cc12. The van der Waals surface area contributed by atoms with E-state index >= 15 is 0 Å². The Balaban J connectivity index is 2.55. The summed E-state index contributed by atoms with van der Waals surface area (Å²) in [4.78, 5) is 25.9. The summed E-state index contributed by atoms with van der Waals surface area (Å²) in [6, 6.07) is 2.77. The normalized spacial score (nSPS) is 11.2. The molecule has 0 unspecified atom stereocenters. The molecule has 18 heavy (non-hydrogen) atoms. The molecule has 3 rings (SSSR count). The minimum atomic E-state index is -0.492. The highest BCUT2D eigenvalue weighted by Gasteiger charge is 2.14. The summed E-state index contributed by atoms with van der Waals surface area (Å²) in [6.07, 6.45) is 1.43. The van der Waals surface area contributed by atoms with E-state index in [9.17, 15) is 14.9 Å². The summed E-state index contributed by atoms with van der Waals surface area (Å²) < 4.78 is 0.510. The molecule has 0 aliphatic rings. The Morgan fingerprint density at radius 3 is 2.78 bits per heavy atom. The molecule has 0 bridgehead atoms. The zero-order chi connectivity index (χ0) is 12.9. The number of hydrogen-bond donors (Lipinski definition) is 2. The highest BCUT2D eigenvalue weighted by atomic mass is 79.9. The Morgan fingerprint density at radius 2 is 2.06 bits per heavy atom. The second-order valence-corrected chi connectivity index (χ2v) is 4.56. The van der Waals surface area contributed by atoms with Gasteiger partial charge in [-0.3, -0.25) is 30.1 Å². The monoisotopic (exact) mass is 308 g/mol. The maximum atomic E-state index is 11.5. The van der Waals surface area contributed by atoms with Crippen LogP contribution < -0.4 is 5.56 Å². The number of hydrogen-bond acceptors (Lipinski definition) is 4. The highest BCUT2D eigenvalue weighted by Crippen LogP contribution is 2.30. The zero-order valence-corrected chi connectivity index (χ0v) is 10.3. The van der Waals surface area contributed by atoms with Crippen LogP contribution in [0.1, 0.15) is 0 Å². The van der Waals surface area contributed by atoms with E-state index in [4.69, 9.17) is 0 Å². The summed E-state index contributed by atoms with van der Waals surface area (Å²) in [5.74, 6) is 0. The first kappa shape index (κ1) is 10.9. The van der Waals surface area contributed by atoms with Crippen molar-refractivity contribution in [3.05, 3.63) is 43.3 Å². The van der Waals surface area contributed by atoms with E-state index in [-0.39, 0.29) is 11.2 Å². The third-order valence-electron chi connectivity index (χ3n) is 2.67. The first-order valence-corrected chi connectivity index (χ1v) is 5.70. The van der Waals surface area contributed by atoms with Gasteiger partial charge in [-0.1, -0.05) is 0 Å². The number of fused-ring (bicyclic) bond motifs is 3. The Bertz CT molecular complexity index is 851. The predicted octanol–water partition coefficient (Wildman–Crippen LogP) is 2.08. The molecule has 3 aromatic rings. The number of nitrogens with one attached hydrogen (secondary N) is 2. The van der Waals surface area contributed by atoms with Gasteiger partial charge in [-0.05, 0) is 15.9 Å². The summed E-state index contributed by atoms with van der Waals surface area (Å²) in [7, 11) is 0. The van der Waals surface area contributed by atoms with Crippen LogP contribution in [0.3, 0.4) is 0 Å². The number of aromatic amines is 2. The van der Waals surface area contributed by atoms with Gasteiger partial charge < -0.3 is 0 Å². The van der Waals surface area contributed by atoms with Gasteiger partial charge in [0.05, 0.1) is 25.8 Å². The van der Waals surface area contributed by atoms with Gasteiger partial charge in [0.1, 0.15) is 0 Å². The Labute approximate surface area is 107 Å². The molecule has 1 aromatic carbocycles. The molecule has 0 amide bonds. The lowest BCUT2D eigenvalue weighted by atomic mass is 10.1. The number of nitrogens with zero attached hydrogens (tertiary/aromatic N) is 2. The molecule has 0 saturated carbocycles. The lowest BCUT2D eigenvalue weighted by Crippen LogP contribution is -1.97. The number of non-ortho nitro benzene ring substituents is 1. The van der Waals surface area contributed by atoms with Crippen LogP contribution >= 0.6 is 15.9 Å². The van der Waals surface area contributed by atoms with Crippen LogP contribution in [0.5, 0.6) is 0 Å². The van der Waals surface area contributed by atoms with Gasteiger partial charge in [-0.2, -0.15) is 0 Å². The second kappa shape index (κ2) is 3.64. The fraction of sp³-hybridized carbons (Fsp3) is 0. The minimum Gasteiger partial charge on any atom is -0.297 e. The van der Waals surface area contributed by atoms with Gasteiger partial charge >= 0.3 is 0 Å². The van der Waals surface area contributed by atoms with Crippen molar-refractivity contribution in [1.82, 2.24) is 15.2 Å². The number of benzene rings is 1. The molecule has 0 spiro atoms. The van der Waals surface area contributed by atoms with Crippen molar-refractivity contribution in [3.8, 4) is 0 Å².